The number of benzene rings is 2. The Morgan fingerprint density at radius 2 is 1.72 bits per heavy atom. The number of likely N-dealkylation sites (tertiary alicyclic amines) is 1. The average Bonchev–Trinajstić information content (AvgIpc) is 3.44. The topological polar surface area (TPSA) is 110 Å². The number of ether oxygens (including phenoxy) is 1. The number of nitrogens with zero attached hydrogens (tertiary/aromatic N) is 1. The predicted octanol–water partition coefficient (Wildman–Crippen LogP) is 3.26. The van der Waals surface area contributed by atoms with Crippen LogP contribution in [-0.4, -0.2) is 53.1 Å². The summed E-state index contributed by atoms with van der Waals surface area (Å²) in [6.07, 6.45) is 2.59. The van der Waals surface area contributed by atoms with Gasteiger partial charge in [-0.3, -0.25) is 9.59 Å². The van der Waals surface area contributed by atoms with Crippen molar-refractivity contribution in [1.82, 2.24) is 4.90 Å². The van der Waals surface area contributed by atoms with Crippen molar-refractivity contribution in [3.05, 3.63) is 60.2 Å². The zero-order valence-electron chi connectivity index (χ0n) is 18.7. The molecule has 2 aliphatic rings. The Morgan fingerprint density at radius 3 is 2.25 bits per heavy atom. The lowest BCUT2D eigenvalue weighted by Crippen LogP contribution is -2.42. The van der Waals surface area contributed by atoms with Crippen molar-refractivity contribution in [3.8, 4) is 11.1 Å². The zero-order chi connectivity index (χ0) is 23.6. The van der Waals surface area contributed by atoms with Gasteiger partial charge in [0, 0.05) is 13.0 Å². The van der Waals surface area contributed by atoms with E-state index in [1.807, 2.05) is 68.4 Å². The third kappa shape index (κ3) is 6.17. The largest absolute Gasteiger partial charge is 0.480 e. The summed E-state index contributed by atoms with van der Waals surface area (Å²) in [6.45, 7) is 5.03. The molecule has 2 unspecified atom stereocenters. The van der Waals surface area contributed by atoms with Gasteiger partial charge in [0.25, 0.3) is 0 Å². The summed E-state index contributed by atoms with van der Waals surface area (Å²) in [6, 6.07) is 17.1. The average molecular weight is 441 g/mol. The van der Waals surface area contributed by atoms with Crippen molar-refractivity contribution < 1.29 is 24.2 Å². The Morgan fingerprint density at radius 1 is 1.12 bits per heavy atom. The van der Waals surface area contributed by atoms with Gasteiger partial charge in [0.2, 0.25) is 12.3 Å². The highest BCUT2D eigenvalue weighted by Gasteiger charge is 2.50. The number of primary amides is 1. The zero-order valence-corrected chi connectivity index (χ0v) is 18.7. The first kappa shape index (κ1) is 25.1. The molecule has 2 heterocycles. The highest BCUT2D eigenvalue weighted by Crippen LogP contribution is 2.38. The fourth-order valence-electron chi connectivity index (χ4n) is 4.19. The number of aliphatic carboxylic acids is 1. The standard InChI is InChI=1S/C22H23NO4.C2H6.CH3NO/c24-20(23-15-22(11-4-12-27-22)14-19(23)21(25)26)13-16-7-9-18(10-8-16)17-5-2-1-3-6-17;1-2;2-1-3/h1-3,5-10,19H,4,11-15H2,(H,25,26);1-2H3;1H,(H2,2,3). The molecule has 4 rings (SSSR count). The van der Waals surface area contributed by atoms with Gasteiger partial charge in [0.05, 0.1) is 18.6 Å². The number of hydrogen-bond donors (Lipinski definition) is 2. The third-order valence-electron chi connectivity index (χ3n) is 5.61. The fourth-order valence-corrected chi connectivity index (χ4v) is 4.19. The Balaban J connectivity index is 0.000000671. The molecule has 2 aliphatic heterocycles. The van der Waals surface area contributed by atoms with Gasteiger partial charge in [0.1, 0.15) is 6.04 Å². The number of carboxylic acids is 1. The molecule has 2 fully saturated rings. The normalized spacial score (nSPS) is 21.2. The molecule has 2 aromatic carbocycles. The van der Waals surface area contributed by atoms with Crippen LogP contribution in [0.4, 0.5) is 0 Å². The molecule has 172 valence electrons. The lowest BCUT2D eigenvalue weighted by atomic mass is 9.97. The van der Waals surface area contributed by atoms with Crippen LogP contribution in [0.1, 0.15) is 38.7 Å². The monoisotopic (exact) mass is 440 g/mol. The number of rotatable bonds is 4. The molecule has 0 radical (unpaired) electrons. The van der Waals surface area contributed by atoms with E-state index in [4.69, 9.17) is 9.53 Å². The molecule has 7 nitrogen and oxygen atoms in total. The van der Waals surface area contributed by atoms with Crippen molar-refractivity contribution in [1.29, 1.82) is 0 Å². The van der Waals surface area contributed by atoms with Crippen molar-refractivity contribution >= 4 is 18.3 Å². The van der Waals surface area contributed by atoms with Crippen LogP contribution < -0.4 is 5.73 Å². The smallest absolute Gasteiger partial charge is 0.326 e. The second-order valence-electron chi connectivity index (χ2n) is 7.59. The lowest BCUT2D eigenvalue weighted by Gasteiger charge is -2.23. The summed E-state index contributed by atoms with van der Waals surface area (Å²) in [5.74, 6) is -1.10. The van der Waals surface area contributed by atoms with Gasteiger partial charge in [-0.2, -0.15) is 0 Å². The number of nitrogens with two attached hydrogens (primary N) is 1. The van der Waals surface area contributed by atoms with E-state index in [2.05, 4.69) is 5.73 Å². The Bertz CT molecular complexity index is 877. The van der Waals surface area contributed by atoms with Crippen molar-refractivity contribution in [2.24, 2.45) is 5.73 Å². The second-order valence-corrected chi connectivity index (χ2v) is 7.59. The van der Waals surface area contributed by atoms with E-state index in [0.717, 1.165) is 29.5 Å². The molecule has 2 amide bonds. The summed E-state index contributed by atoms with van der Waals surface area (Å²) in [7, 11) is 0. The molecule has 1 spiro atoms. The summed E-state index contributed by atoms with van der Waals surface area (Å²) in [5.41, 5.74) is 6.81. The van der Waals surface area contributed by atoms with E-state index in [1.165, 1.54) is 4.90 Å². The summed E-state index contributed by atoms with van der Waals surface area (Å²) in [4.78, 5) is 34.6. The van der Waals surface area contributed by atoms with Crippen LogP contribution in [0.3, 0.4) is 0 Å². The Labute approximate surface area is 189 Å². The number of hydrogen-bond acceptors (Lipinski definition) is 4. The number of carbonyl (C=O) groups is 3. The summed E-state index contributed by atoms with van der Waals surface area (Å²) >= 11 is 0. The minimum absolute atomic E-state index is 0.151. The molecule has 2 saturated heterocycles. The van der Waals surface area contributed by atoms with Gasteiger partial charge < -0.3 is 20.5 Å². The molecule has 3 N–H and O–H groups in total. The quantitative estimate of drug-likeness (QED) is 0.709. The maximum absolute atomic E-state index is 12.8. The molecule has 7 heteroatoms. The van der Waals surface area contributed by atoms with E-state index in [-0.39, 0.29) is 18.7 Å². The van der Waals surface area contributed by atoms with E-state index in [1.54, 1.807) is 0 Å². The van der Waals surface area contributed by atoms with Gasteiger partial charge in [-0.1, -0.05) is 68.4 Å². The van der Waals surface area contributed by atoms with Gasteiger partial charge in [-0.15, -0.1) is 0 Å². The van der Waals surface area contributed by atoms with Crippen LogP contribution in [-0.2, 0) is 25.5 Å². The van der Waals surface area contributed by atoms with Crippen LogP contribution in [0.5, 0.6) is 0 Å². The first-order valence-electron chi connectivity index (χ1n) is 10.9. The van der Waals surface area contributed by atoms with E-state index in [9.17, 15) is 14.7 Å². The van der Waals surface area contributed by atoms with E-state index in [0.29, 0.717) is 19.6 Å². The summed E-state index contributed by atoms with van der Waals surface area (Å²) in [5, 5.41) is 9.56. The number of amides is 2. The Kier molecular flexibility index (Phi) is 9.40. The lowest BCUT2D eigenvalue weighted by molar-refractivity contribution is -0.148. The van der Waals surface area contributed by atoms with Gasteiger partial charge >= 0.3 is 5.97 Å². The van der Waals surface area contributed by atoms with Gasteiger partial charge in [-0.25, -0.2) is 4.79 Å². The number of carbonyl (C=O) groups excluding carboxylic acids is 2. The first-order valence-corrected chi connectivity index (χ1v) is 10.9. The van der Waals surface area contributed by atoms with Gasteiger partial charge in [-0.05, 0) is 29.5 Å². The second kappa shape index (κ2) is 12.0. The molecule has 0 saturated carbocycles. The summed E-state index contributed by atoms with van der Waals surface area (Å²) < 4.78 is 5.82. The highest BCUT2D eigenvalue weighted by molar-refractivity contribution is 5.86. The molecular formula is C25H32N2O5. The van der Waals surface area contributed by atoms with Gasteiger partial charge in [0.15, 0.2) is 0 Å². The van der Waals surface area contributed by atoms with E-state index < -0.39 is 17.6 Å². The number of carboxylic acid groups (broad SMARTS) is 1. The van der Waals surface area contributed by atoms with Crippen molar-refractivity contribution in [2.75, 3.05) is 13.2 Å². The predicted molar refractivity (Wildman–Crippen MR) is 123 cm³/mol. The van der Waals surface area contributed by atoms with Crippen LogP contribution in [0.25, 0.3) is 11.1 Å². The molecule has 2 aromatic rings. The molecule has 0 aliphatic carbocycles. The minimum Gasteiger partial charge on any atom is -0.480 e. The molecule has 0 bridgehead atoms. The van der Waals surface area contributed by atoms with Crippen LogP contribution >= 0.6 is 0 Å². The SMILES string of the molecule is CC.NC=O.O=C(O)C1CC2(CCCO2)CN1C(=O)Cc1ccc(-c2ccccc2)cc1. The van der Waals surface area contributed by atoms with Crippen LogP contribution in [0.2, 0.25) is 0 Å². The molecule has 2 atom stereocenters. The van der Waals surface area contributed by atoms with E-state index >= 15 is 0 Å². The maximum Gasteiger partial charge on any atom is 0.326 e. The minimum atomic E-state index is -0.949. The highest BCUT2D eigenvalue weighted by atomic mass is 16.5. The van der Waals surface area contributed by atoms with Crippen molar-refractivity contribution in [3.63, 3.8) is 0 Å². The maximum atomic E-state index is 12.8. The van der Waals surface area contributed by atoms with Crippen molar-refractivity contribution in [2.45, 2.75) is 51.2 Å². The van der Waals surface area contributed by atoms with Crippen LogP contribution in [0.15, 0.2) is 54.6 Å². The molecule has 32 heavy (non-hydrogen) atoms. The fraction of sp³-hybridized carbons (Fsp3) is 0.400. The first-order chi connectivity index (χ1) is 15.5. The molecule has 0 aromatic heterocycles. The molecular weight excluding hydrogens is 408 g/mol. The Hall–Kier alpha value is -3.19. The third-order valence-corrected chi connectivity index (χ3v) is 5.61. The van der Waals surface area contributed by atoms with Crippen LogP contribution in [0, 0.1) is 0 Å².